The van der Waals surface area contributed by atoms with E-state index in [-0.39, 0.29) is 5.41 Å². The van der Waals surface area contributed by atoms with E-state index in [1.165, 1.54) is 0 Å². The molecular formula is C15H15N3O2. The molecule has 5 nitrogen and oxygen atoms in total. The van der Waals surface area contributed by atoms with Crippen LogP contribution in [0.15, 0.2) is 18.2 Å². The lowest BCUT2D eigenvalue weighted by Gasteiger charge is -2.55. The highest BCUT2D eigenvalue weighted by Gasteiger charge is 2.62. The van der Waals surface area contributed by atoms with Crippen LogP contribution in [0, 0.1) is 23.7 Å². The molecule has 0 radical (unpaired) electrons. The topological polar surface area (TPSA) is 70.9 Å². The maximum absolute atomic E-state index is 9.61. The number of rotatable bonds is 2. The molecule has 2 fully saturated rings. The van der Waals surface area contributed by atoms with Crippen LogP contribution in [0.3, 0.4) is 0 Å². The number of aromatic nitrogens is 2. The van der Waals surface area contributed by atoms with Gasteiger partial charge >= 0.3 is 0 Å². The number of nitriles is 1. The highest BCUT2D eigenvalue weighted by molar-refractivity contribution is 5.76. The zero-order chi connectivity index (χ0) is 13.8. The van der Waals surface area contributed by atoms with Crippen molar-refractivity contribution in [3.05, 3.63) is 29.6 Å². The van der Waals surface area contributed by atoms with E-state index in [2.05, 4.69) is 28.2 Å². The first kappa shape index (κ1) is 11.9. The van der Waals surface area contributed by atoms with Crippen molar-refractivity contribution in [2.24, 2.45) is 5.41 Å². The Morgan fingerprint density at radius 1 is 1.25 bits per heavy atom. The van der Waals surface area contributed by atoms with E-state index in [0.29, 0.717) is 26.4 Å². The van der Waals surface area contributed by atoms with Crippen molar-refractivity contribution in [3.8, 4) is 6.07 Å². The largest absolute Gasteiger partial charge is 0.379 e. The highest BCUT2D eigenvalue weighted by atomic mass is 16.5. The van der Waals surface area contributed by atoms with Gasteiger partial charge in [0.1, 0.15) is 11.2 Å². The van der Waals surface area contributed by atoms with Gasteiger partial charge in [0, 0.05) is 0 Å². The van der Waals surface area contributed by atoms with Crippen LogP contribution in [0.4, 0.5) is 0 Å². The van der Waals surface area contributed by atoms with E-state index in [0.717, 1.165) is 22.4 Å². The van der Waals surface area contributed by atoms with Gasteiger partial charge in [0.05, 0.1) is 48.9 Å². The van der Waals surface area contributed by atoms with Gasteiger partial charge in [-0.3, -0.25) is 0 Å². The molecule has 0 saturated carbocycles. The first-order valence-corrected chi connectivity index (χ1v) is 6.73. The zero-order valence-electron chi connectivity index (χ0n) is 11.3. The lowest BCUT2D eigenvalue weighted by molar-refractivity contribution is -0.201. The molecule has 2 saturated heterocycles. The van der Waals surface area contributed by atoms with Crippen LogP contribution in [0.1, 0.15) is 11.4 Å². The molecule has 2 aliphatic rings. The number of nitrogens with one attached hydrogen (secondary N) is 1. The van der Waals surface area contributed by atoms with Crippen LogP contribution in [0.5, 0.6) is 0 Å². The molecule has 0 unspecified atom stereocenters. The van der Waals surface area contributed by atoms with E-state index >= 15 is 0 Å². The molecule has 1 N–H and O–H groups in total. The van der Waals surface area contributed by atoms with E-state index in [4.69, 9.17) is 9.47 Å². The molecular weight excluding hydrogens is 254 g/mol. The predicted octanol–water partition coefficient (Wildman–Crippen LogP) is 1.68. The third kappa shape index (κ3) is 1.30. The lowest BCUT2D eigenvalue weighted by Crippen LogP contribution is -2.66. The minimum Gasteiger partial charge on any atom is -0.379 e. The van der Waals surface area contributed by atoms with Crippen LogP contribution < -0.4 is 0 Å². The van der Waals surface area contributed by atoms with E-state index in [9.17, 15) is 5.26 Å². The Bertz CT molecular complexity index is 720. The number of aryl methyl sites for hydroxylation is 1. The van der Waals surface area contributed by atoms with Crippen LogP contribution >= 0.6 is 0 Å². The molecule has 20 heavy (non-hydrogen) atoms. The summed E-state index contributed by atoms with van der Waals surface area (Å²) in [5, 5.41) is 9.61. The monoisotopic (exact) mass is 269 g/mol. The molecule has 0 spiro atoms. The molecule has 0 atom stereocenters. The SMILES string of the molecule is Cc1nc2ccc(C3(C4(C#N)COC4)COC3)cc2[nH]1. The molecule has 1 aromatic carbocycles. The van der Waals surface area contributed by atoms with Gasteiger partial charge < -0.3 is 14.5 Å². The molecule has 5 heteroatoms. The van der Waals surface area contributed by atoms with Crippen molar-refractivity contribution >= 4 is 11.0 Å². The summed E-state index contributed by atoms with van der Waals surface area (Å²) in [5.41, 5.74) is 2.42. The van der Waals surface area contributed by atoms with Gasteiger partial charge in [0.2, 0.25) is 0 Å². The zero-order valence-corrected chi connectivity index (χ0v) is 11.3. The number of aromatic amines is 1. The Kier molecular flexibility index (Phi) is 2.27. The first-order chi connectivity index (χ1) is 9.69. The molecule has 0 aliphatic carbocycles. The van der Waals surface area contributed by atoms with Gasteiger partial charge in [-0.15, -0.1) is 0 Å². The second-order valence-corrected chi connectivity index (χ2v) is 5.82. The maximum Gasteiger partial charge on any atom is 0.118 e. The molecule has 3 heterocycles. The highest BCUT2D eigenvalue weighted by Crippen LogP contribution is 2.51. The molecule has 0 amide bonds. The number of hydrogen-bond donors (Lipinski definition) is 1. The van der Waals surface area contributed by atoms with E-state index in [1.807, 2.05) is 13.0 Å². The van der Waals surface area contributed by atoms with Gasteiger partial charge in [0.25, 0.3) is 0 Å². The quantitative estimate of drug-likeness (QED) is 0.900. The van der Waals surface area contributed by atoms with Crippen LogP contribution in [-0.2, 0) is 14.9 Å². The number of H-pyrrole nitrogens is 1. The van der Waals surface area contributed by atoms with E-state index in [1.54, 1.807) is 0 Å². The summed E-state index contributed by atoms with van der Waals surface area (Å²) in [4.78, 5) is 7.68. The number of benzene rings is 1. The Hall–Kier alpha value is -1.90. The van der Waals surface area contributed by atoms with Crippen LogP contribution in [0.25, 0.3) is 11.0 Å². The van der Waals surface area contributed by atoms with Gasteiger partial charge in [-0.1, -0.05) is 6.07 Å². The normalized spacial score (nSPS) is 22.8. The summed E-state index contributed by atoms with van der Waals surface area (Å²) < 4.78 is 10.8. The smallest absolute Gasteiger partial charge is 0.118 e. The third-order valence-corrected chi connectivity index (χ3v) is 4.68. The minimum atomic E-state index is -0.450. The molecule has 0 bridgehead atoms. The number of fused-ring (bicyclic) bond motifs is 1. The fraction of sp³-hybridized carbons (Fsp3) is 0.467. The second-order valence-electron chi connectivity index (χ2n) is 5.82. The summed E-state index contributed by atoms with van der Waals surface area (Å²) in [6, 6.07) is 8.67. The average molecular weight is 269 g/mol. The number of imidazole rings is 1. The van der Waals surface area contributed by atoms with Gasteiger partial charge in [-0.05, 0) is 24.6 Å². The predicted molar refractivity (Wildman–Crippen MR) is 72.2 cm³/mol. The number of hydrogen-bond acceptors (Lipinski definition) is 4. The Balaban J connectivity index is 1.85. The van der Waals surface area contributed by atoms with Crippen molar-refractivity contribution in [1.29, 1.82) is 5.26 Å². The average Bonchev–Trinajstić information content (AvgIpc) is 2.70. The molecule has 2 aliphatic heterocycles. The lowest BCUT2D eigenvalue weighted by atomic mass is 9.58. The molecule has 102 valence electrons. The van der Waals surface area contributed by atoms with Crippen molar-refractivity contribution < 1.29 is 9.47 Å². The van der Waals surface area contributed by atoms with Crippen molar-refractivity contribution in [3.63, 3.8) is 0 Å². The number of nitrogens with zero attached hydrogens (tertiary/aromatic N) is 2. The van der Waals surface area contributed by atoms with Gasteiger partial charge in [0.15, 0.2) is 0 Å². The Morgan fingerprint density at radius 2 is 2.00 bits per heavy atom. The fourth-order valence-electron chi connectivity index (χ4n) is 3.21. The number of ether oxygens (including phenoxy) is 2. The molecule has 2 aromatic rings. The van der Waals surface area contributed by atoms with Crippen molar-refractivity contribution in [2.75, 3.05) is 26.4 Å². The summed E-state index contributed by atoms with van der Waals surface area (Å²) in [7, 11) is 0. The summed E-state index contributed by atoms with van der Waals surface area (Å²) in [5.74, 6) is 0.901. The first-order valence-electron chi connectivity index (χ1n) is 6.73. The Labute approximate surface area is 116 Å². The van der Waals surface area contributed by atoms with Crippen LogP contribution in [0.2, 0.25) is 0 Å². The third-order valence-electron chi connectivity index (χ3n) is 4.68. The summed E-state index contributed by atoms with van der Waals surface area (Å²) in [6.45, 7) is 4.10. The van der Waals surface area contributed by atoms with Gasteiger partial charge in [-0.2, -0.15) is 5.26 Å². The van der Waals surface area contributed by atoms with Gasteiger partial charge in [-0.25, -0.2) is 4.98 Å². The second kappa shape index (κ2) is 3.81. The fourth-order valence-corrected chi connectivity index (χ4v) is 3.21. The van der Waals surface area contributed by atoms with Crippen LogP contribution in [-0.4, -0.2) is 36.4 Å². The summed E-state index contributed by atoms with van der Waals surface area (Å²) in [6.07, 6.45) is 0. The van der Waals surface area contributed by atoms with Crippen molar-refractivity contribution in [2.45, 2.75) is 12.3 Å². The maximum atomic E-state index is 9.61. The summed E-state index contributed by atoms with van der Waals surface area (Å²) >= 11 is 0. The molecule has 4 rings (SSSR count). The minimum absolute atomic E-state index is 0.243. The van der Waals surface area contributed by atoms with Crippen molar-refractivity contribution in [1.82, 2.24) is 9.97 Å². The standard InChI is InChI=1S/C15H15N3O2/c1-10-17-12-3-2-11(4-13(12)18-10)15(8-20-9-15)14(5-16)6-19-7-14/h2-4H,6-9H2,1H3,(H,17,18). The van der Waals surface area contributed by atoms with E-state index < -0.39 is 5.41 Å². The Morgan fingerprint density at radius 3 is 2.55 bits per heavy atom. The molecule has 1 aromatic heterocycles.